The number of methoxy groups -OCH3 is 1. The van der Waals surface area contributed by atoms with Gasteiger partial charge in [-0.25, -0.2) is 9.67 Å². The number of aromatic nitrogens is 2. The molecule has 6 heteroatoms. The molecule has 3 aromatic rings. The number of hydrogen-bond donors (Lipinski definition) is 1. The number of hydrogen-bond acceptors (Lipinski definition) is 5. The number of nitrogens with zero attached hydrogens (tertiary/aromatic N) is 3. The lowest BCUT2D eigenvalue weighted by Gasteiger charge is -2.08. The summed E-state index contributed by atoms with van der Waals surface area (Å²) in [5, 5.41) is 4.47. The predicted molar refractivity (Wildman–Crippen MR) is 107 cm³/mol. The van der Waals surface area contributed by atoms with Crippen molar-refractivity contribution in [3.05, 3.63) is 94.6 Å². The molecular weight excluding hydrogens is 340 g/mol. The Morgan fingerprint density at radius 1 is 1.19 bits per heavy atom. The van der Waals surface area contributed by atoms with Crippen LogP contribution in [0.2, 0.25) is 0 Å². The SMILES string of the molecule is COc1ccc(N=C(C=CN)c2nn(-c3cccc(C)c3)ccc2=O)cc1. The summed E-state index contributed by atoms with van der Waals surface area (Å²) in [5.41, 5.74) is 8.56. The van der Waals surface area contributed by atoms with Crippen LogP contribution in [0.15, 0.2) is 82.9 Å². The molecule has 1 heterocycles. The minimum Gasteiger partial charge on any atom is -0.497 e. The number of aryl methyl sites for hydroxylation is 1. The average Bonchev–Trinajstić information content (AvgIpc) is 2.68. The highest BCUT2D eigenvalue weighted by Crippen LogP contribution is 2.18. The molecule has 6 nitrogen and oxygen atoms in total. The fourth-order valence-corrected chi connectivity index (χ4v) is 2.56. The summed E-state index contributed by atoms with van der Waals surface area (Å²) in [5.74, 6) is 0.726. The molecule has 27 heavy (non-hydrogen) atoms. The van der Waals surface area contributed by atoms with Crippen molar-refractivity contribution in [3.63, 3.8) is 0 Å². The largest absolute Gasteiger partial charge is 0.497 e. The molecule has 0 radical (unpaired) electrons. The van der Waals surface area contributed by atoms with Crippen molar-refractivity contribution in [1.29, 1.82) is 0 Å². The number of rotatable bonds is 5. The van der Waals surface area contributed by atoms with Crippen LogP contribution in [0.5, 0.6) is 5.75 Å². The van der Waals surface area contributed by atoms with Gasteiger partial charge in [0.15, 0.2) is 5.69 Å². The van der Waals surface area contributed by atoms with E-state index in [-0.39, 0.29) is 11.1 Å². The summed E-state index contributed by atoms with van der Waals surface area (Å²) in [6, 6.07) is 16.5. The van der Waals surface area contributed by atoms with Crippen LogP contribution in [0.1, 0.15) is 11.3 Å². The first kappa shape index (κ1) is 18.1. The van der Waals surface area contributed by atoms with E-state index >= 15 is 0 Å². The minimum absolute atomic E-state index is 0.219. The van der Waals surface area contributed by atoms with Gasteiger partial charge in [-0.05, 0) is 61.2 Å². The van der Waals surface area contributed by atoms with Gasteiger partial charge in [-0.1, -0.05) is 12.1 Å². The highest BCUT2D eigenvalue weighted by Gasteiger charge is 2.10. The Morgan fingerprint density at radius 3 is 2.63 bits per heavy atom. The molecule has 0 aliphatic rings. The lowest BCUT2D eigenvalue weighted by Crippen LogP contribution is -2.20. The molecular formula is C21H20N4O2. The molecule has 2 aromatic carbocycles. The van der Waals surface area contributed by atoms with Gasteiger partial charge < -0.3 is 10.5 Å². The lowest BCUT2D eigenvalue weighted by atomic mass is 10.2. The van der Waals surface area contributed by atoms with Gasteiger partial charge in [0.05, 0.1) is 24.2 Å². The fourth-order valence-electron chi connectivity index (χ4n) is 2.56. The van der Waals surface area contributed by atoms with Gasteiger partial charge in [-0.3, -0.25) is 4.79 Å². The molecule has 3 rings (SSSR count). The first-order chi connectivity index (χ1) is 13.1. The summed E-state index contributed by atoms with van der Waals surface area (Å²) < 4.78 is 6.80. The number of benzene rings is 2. The Morgan fingerprint density at radius 2 is 1.96 bits per heavy atom. The molecule has 136 valence electrons. The molecule has 0 amide bonds. The Hall–Kier alpha value is -3.67. The van der Waals surface area contributed by atoms with E-state index in [1.807, 2.05) is 31.2 Å². The van der Waals surface area contributed by atoms with Gasteiger partial charge in [0.1, 0.15) is 5.75 Å². The highest BCUT2D eigenvalue weighted by molar-refractivity contribution is 6.08. The molecule has 0 unspecified atom stereocenters. The van der Waals surface area contributed by atoms with E-state index in [0.29, 0.717) is 11.4 Å². The zero-order chi connectivity index (χ0) is 19.2. The third-order valence-corrected chi connectivity index (χ3v) is 3.89. The quantitative estimate of drug-likeness (QED) is 0.709. The zero-order valence-corrected chi connectivity index (χ0v) is 15.2. The van der Waals surface area contributed by atoms with Crippen LogP contribution < -0.4 is 15.9 Å². The van der Waals surface area contributed by atoms with Crippen molar-refractivity contribution < 1.29 is 4.74 Å². The van der Waals surface area contributed by atoms with E-state index in [2.05, 4.69) is 10.1 Å². The lowest BCUT2D eigenvalue weighted by molar-refractivity contribution is 0.415. The first-order valence-corrected chi connectivity index (χ1v) is 8.39. The Labute approximate surface area is 157 Å². The number of aliphatic imine (C=N–C) groups is 1. The van der Waals surface area contributed by atoms with Gasteiger partial charge in [0.2, 0.25) is 5.43 Å². The normalized spacial score (nSPS) is 11.7. The maximum absolute atomic E-state index is 12.4. The molecule has 1 aromatic heterocycles. The molecule has 0 spiro atoms. The highest BCUT2D eigenvalue weighted by atomic mass is 16.5. The van der Waals surface area contributed by atoms with Crippen molar-refractivity contribution in [1.82, 2.24) is 9.78 Å². The van der Waals surface area contributed by atoms with Crippen LogP contribution >= 0.6 is 0 Å². The number of nitrogens with two attached hydrogens (primary N) is 1. The van der Waals surface area contributed by atoms with E-state index in [0.717, 1.165) is 17.0 Å². The van der Waals surface area contributed by atoms with Crippen LogP contribution in [0.4, 0.5) is 5.69 Å². The molecule has 0 bridgehead atoms. The van der Waals surface area contributed by atoms with E-state index in [1.165, 1.54) is 12.3 Å². The standard InChI is InChI=1S/C21H20N4O2/c1-15-4-3-5-17(14-15)25-13-11-20(26)21(24-25)19(10-12-22)23-16-6-8-18(27-2)9-7-16/h3-14H,22H2,1-2H3. The van der Waals surface area contributed by atoms with E-state index in [1.54, 1.807) is 48.3 Å². The maximum Gasteiger partial charge on any atom is 0.209 e. The van der Waals surface area contributed by atoms with Crippen LogP contribution in [0.25, 0.3) is 5.69 Å². The molecule has 0 saturated carbocycles. The third kappa shape index (κ3) is 4.30. The van der Waals surface area contributed by atoms with E-state index in [9.17, 15) is 4.79 Å². The van der Waals surface area contributed by atoms with E-state index in [4.69, 9.17) is 10.5 Å². The summed E-state index contributed by atoms with van der Waals surface area (Å²) in [4.78, 5) is 17.0. The van der Waals surface area contributed by atoms with Gasteiger partial charge in [0.25, 0.3) is 0 Å². The van der Waals surface area contributed by atoms with Crippen LogP contribution in [-0.4, -0.2) is 22.6 Å². The topological polar surface area (TPSA) is 82.5 Å². The molecule has 0 atom stereocenters. The van der Waals surface area contributed by atoms with Gasteiger partial charge in [-0.2, -0.15) is 5.10 Å². The summed E-state index contributed by atoms with van der Waals surface area (Å²) in [6.07, 6.45) is 4.54. The van der Waals surface area contributed by atoms with Crippen molar-refractivity contribution in [2.45, 2.75) is 6.92 Å². The fraction of sp³-hybridized carbons (Fsp3) is 0.0952. The predicted octanol–water partition coefficient (Wildman–Crippen LogP) is 3.14. The minimum atomic E-state index is -0.232. The van der Waals surface area contributed by atoms with Crippen molar-refractivity contribution in [3.8, 4) is 11.4 Å². The maximum atomic E-state index is 12.4. The van der Waals surface area contributed by atoms with E-state index < -0.39 is 0 Å². The molecule has 0 aliphatic heterocycles. The summed E-state index contributed by atoms with van der Waals surface area (Å²) in [6.45, 7) is 2.00. The second-order valence-electron chi connectivity index (χ2n) is 5.87. The summed E-state index contributed by atoms with van der Waals surface area (Å²) in [7, 11) is 1.60. The van der Waals surface area contributed by atoms with Gasteiger partial charge in [-0.15, -0.1) is 0 Å². The van der Waals surface area contributed by atoms with Crippen LogP contribution in [0.3, 0.4) is 0 Å². The Balaban J connectivity index is 2.08. The van der Waals surface area contributed by atoms with Crippen LogP contribution in [-0.2, 0) is 0 Å². The van der Waals surface area contributed by atoms with Crippen molar-refractivity contribution >= 4 is 11.4 Å². The van der Waals surface area contributed by atoms with Gasteiger partial charge in [0, 0.05) is 12.3 Å². The van der Waals surface area contributed by atoms with Crippen molar-refractivity contribution in [2.75, 3.05) is 7.11 Å². The van der Waals surface area contributed by atoms with Crippen LogP contribution in [0, 0.1) is 6.92 Å². The molecule has 0 fully saturated rings. The van der Waals surface area contributed by atoms with Gasteiger partial charge >= 0.3 is 0 Å². The Bertz CT molecular complexity index is 1050. The number of ether oxygens (including phenoxy) is 1. The first-order valence-electron chi connectivity index (χ1n) is 8.39. The zero-order valence-electron chi connectivity index (χ0n) is 15.2. The molecule has 0 saturated heterocycles. The molecule has 0 aliphatic carbocycles. The average molecular weight is 360 g/mol. The monoisotopic (exact) mass is 360 g/mol. The second-order valence-corrected chi connectivity index (χ2v) is 5.87. The summed E-state index contributed by atoms with van der Waals surface area (Å²) >= 11 is 0. The molecule has 2 N–H and O–H groups in total. The van der Waals surface area contributed by atoms with Crippen molar-refractivity contribution in [2.24, 2.45) is 10.7 Å². The third-order valence-electron chi connectivity index (χ3n) is 3.89. The number of allylic oxidation sites excluding steroid dienone is 1. The second kappa shape index (κ2) is 8.14. The smallest absolute Gasteiger partial charge is 0.209 e. The Kier molecular flexibility index (Phi) is 5.47.